The molecule has 1 aliphatic rings. The van der Waals surface area contributed by atoms with E-state index in [0.717, 1.165) is 36.1 Å². The van der Waals surface area contributed by atoms with Gasteiger partial charge in [-0.05, 0) is 49.3 Å². The van der Waals surface area contributed by atoms with Crippen molar-refractivity contribution in [2.45, 2.75) is 39.7 Å². The Labute approximate surface area is 119 Å². The summed E-state index contributed by atoms with van der Waals surface area (Å²) in [6, 6.07) is 6.55. The van der Waals surface area contributed by atoms with Gasteiger partial charge in [0.2, 0.25) is 0 Å². The first kappa shape index (κ1) is 13.0. The van der Waals surface area contributed by atoms with Crippen molar-refractivity contribution in [3.63, 3.8) is 0 Å². The van der Waals surface area contributed by atoms with Gasteiger partial charge in [-0.1, -0.05) is 13.0 Å². The molecular weight excluding hydrogens is 256 g/mol. The monoisotopic (exact) mass is 276 g/mol. The van der Waals surface area contributed by atoms with Gasteiger partial charge >= 0.3 is 0 Å². The summed E-state index contributed by atoms with van der Waals surface area (Å²) in [5.41, 5.74) is 3.64. The lowest BCUT2D eigenvalue weighted by molar-refractivity contribution is 0.429. The number of imidazole rings is 1. The molecule has 0 bridgehead atoms. The van der Waals surface area contributed by atoms with E-state index in [1.807, 2.05) is 0 Å². The molecule has 0 amide bonds. The van der Waals surface area contributed by atoms with Crippen LogP contribution in [-0.4, -0.2) is 15.4 Å². The second-order valence-corrected chi connectivity index (χ2v) is 6.26. The molecule has 3 heteroatoms. The fourth-order valence-electron chi connectivity index (χ4n) is 2.87. The number of benzene rings is 1. The summed E-state index contributed by atoms with van der Waals surface area (Å²) in [7, 11) is 0. The van der Waals surface area contributed by atoms with Gasteiger partial charge in [-0.2, -0.15) is 0 Å². The smallest absolute Gasteiger partial charge is 0.111 e. The van der Waals surface area contributed by atoms with E-state index in [1.54, 1.807) is 0 Å². The number of alkyl halides is 1. The molecule has 1 aliphatic carbocycles. The van der Waals surface area contributed by atoms with Gasteiger partial charge in [0.25, 0.3) is 0 Å². The lowest BCUT2D eigenvalue weighted by Crippen LogP contribution is -2.12. The van der Waals surface area contributed by atoms with Crippen molar-refractivity contribution in [3.05, 3.63) is 29.6 Å². The Hall–Kier alpha value is -1.02. The molecule has 1 heterocycles. The quantitative estimate of drug-likeness (QED) is 0.750. The summed E-state index contributed by atoms with van der Waals surface area (Å²) < 4.78 is 2.39. The molecule has 1 aromatic heterocycles. The van der Waals surface area contributed by atoms with Crippen LogP contribution in [0, 0.1) is 18.8 Å². The average Bonchev–Trinajstić information content (AvgIpc) is 3.16. The number of hydrogen-bond acceptors (Lipinski definition) is 1. The van der Waals surface area contributed by atoms with Crippen LogP contribution in [0.5, 0.6) is 0 Å². The molecule has 19 heavy (non-hydrogen) atoms. The highest BCUT2D eigenvalue weighted by Gasteiger charge is 2.28. The van der Waals surface area contributed by atoms with Gasteiger partial charge in [0.15, 0.2) is 0 Å². The molecule has 102 valence electrons. The molecule has 3 rings (SSSR count). The van der Waals surface area contributed by atoms with E-state index in [-0.39, 0.29) is 0 Å². The Morgan fingerprint density at radius 1 is 1.42 bits per heavy atom. The number of halogens is 1. The predicted molar refractivity (Wildman–Crippen MR) is 80.8 cm³/mol. The van der Waals surface area contributed by atoms with Crippen LogP contribution in [0.4, 0.5) is 0 Å². The van der Waals surface area contributed by atoms with Crippen LogP contribution in [-0.2, 0) is 13.0 Å². The van der Waals surface area contributed by atoms with E-state index in [0.29, 0.717) is 5.88 Å². The van der Waals surface area contributed by atoms with Crippen LogP contribution in [0.15, 0.2) is 18.2 Å². The minimum Gasteiger partial charge on any atom is -0.328 e. The van der Waals surface area contributed by atoms with E-state index >= 15 is 0 Å². The lowest BCUT2D eigenvalue weighted by Gasteiger charge is -2.14. The average molecular weight is 277 g/mol. The Morgan fingerprint density at radius 2 is 2.21 bits per heavy atom. The summed E-state index contributed by atoms with van der Waals surface area (Å²) in [5, 5.41) is 0. The van der Waals surface area contributed by atoms with Crippen LogP contribution in [0.1, 0.15) is 31.2 Å². The van der Waals surface area contributed by atoms with Gasteiger partial charge in [0.1, 0.15) is 5.82 Å². The maximum Gasteiger partial charge on any atom is 0.111 e. The van der Waals surface area contributed by atoms with Crippen molar-refractivity contribution < 1.29 is 0 Å². The van der Waals surface area contributed by atoms with Crippen molar-refractivity contribution in [2.75, 3.05) is 5.88 Å². The zero-order valence-electron chi connectivity index (χ0n) is 11.7. The van der Waals surface area contributed by atoms with Crippen LogP contribution in [0.25, 0.3) is 11.0 Å². The zero-order chi connectivity index (χ0) is 13.4. The molecule has 0 N–H and O–H groups in total. The van der Waals surface area contributed by atoms with Gasteiger partial charge in [-0.15, -0.1) is 11.6 Å². The third kappa shape index (κ3) is 2.64. The molecule has 0 saturated heterocycles. The topological polar surface area (TPSA) is 17.8 Å². The Morgan fingerprint density at radius 3 is 2.89 bits per heavy atom. The van der Waals surface area contributed by atoms with Crippen molar-refractivity contribution in [1.82, 2.24) is 9.55 Å². The van der Waals surface area contributed by atoms with Gasteiger partial charge in [0, 0.05) is 18.8 Å². The standard InChI is InChI=1S/C16H21ClN2/c1-11-3-6-15-14(9-11)18-16(7-8-17)19(15)10-12(2)13-4-5-13/h3,6,9,12-13H,4-5,7-8,10H2,1-2H3. The van der Waals surface area contributed by atoms with Crippen molar-refractivity contribution in [2.24, 2.45) is 11.8 Å². The maximum atomic E-state index is 5.92. The van der Waals surface area contributed by atoms with E-state index in [9.17, 15) is 0 Å². The minimum absolute atomic E-state index is 0.639. The molecule has 0 radical (unpaired) electrons. The predicted octanol–water partition coefficient (Wildman–Crippen LogP) is 4.17. The Balaban J connectivity index is 1.99. The van der Waals surface area contributed by atoms with Gasteiger partial charge in [-0.25, -0.2) is 4.98 Å². The van der Waals surface area contributed by atoms with Crippen molar-refractivity contribution in [3.8, 4) is 0 Å². The van der Waals surface area contributed by atoms with E-state index < -0.39 is 0 Å². The van der Waals surface area contributed by atoms with Crippen LogP contribution < -0.4 is 0 Å². The molecule has 1 fully saturated rings. The van der Waals surface area contributed by atoms with E-state index in [1.165, 1.54) is 23.9 Å². The van der Waals surface area contributed by atoms with Crippen molar-refractivity contribution in [1.29, 1.82) is 0 Å². The third-order valence-electron chi connectivity index (χ3n) is 4.20. The number of fused-ring (bicyclic) bond motifs is 1. The Bertz CT molecular complexity index is 584. The maximum absolute atomic E-state index is 5.92. The van der Waals surface area contributed by atoms with E-state index in [4.69, 9.17) is 16.6 Å². The van der Waals surface area contributed by atoms with Gasteiger partial charge < -0.3 is 4.57 Å². The molecule has 2 aromatic rings. The van der Waals surface area contributed by atoms with E-state index in [2.05, 4.69) is 36.6 Å². The van der Waals surface area contributed by atoms with Crippen molar-refractivity contribution >= 4 is 22.6 Å². The fraction of sp³-hybridized carbons (Fsp3) is 0.562. The number of aromatic nitrogens is 2. The summed E-state index contributed by atoms with van der Waals surface area (Å²) >= 11 is 5.92. The second-order valence-electron chi connectivity index (χ2n) is 5.88. The zero-order valence-corrected chi connectivity index (χ0v) is 12.5. The first-order chi connectivity index (χ1) is 9.19. The molecule has 0 spiro atoms. The second kappa shape index (κ2) is 5.16. The molecule has 1 atom stereocenters. The summed E-state index contributed by atoms with van der Waals surface area (Å²) in [5.74, 6) is 3.45. The van der Waals surface area contributed by atoms with Gasteiger partial charge in [0.05, 0.1) is 11.0 Å². The third-order valence-corrected chi connectivity index (χ3v) is 4.39. The number of nitrogens with zero attached hydrogens (tertiary/aromatic N) is 2. The molecular formula is C16H21ClN2. The molecule has 1 saturated carbocycles. The number of hydrogen-bond donors (Lipinski definition) is 0. The minimum atomic E-state index is 0.639. The summed E-state index contributed by atoms with van der Waals surface area (Å²) in [6.07, 6.45) is 3.65. The summed E-state index contributed by atoms with van der Waals surface area (Å²) in [6.45, 7) is 5.56. The van der Waals surface area contributed by atoms with Crippen LogP contribution >= 0.6 is 11.6 Å². The first-order valence-corrected chi connectivity index (χ1v) is 7.74. The number of rotatable bonds is 5. The number of aryl methyl sites for hydroxylation is 2. The fourth-order valence-corrected chi connectivity index (χ4v) is 3.04. The Kier molecular flexibility index (Phi) is 3.53. The highest BCUT2D eigenvalue weighted by atomic mass is 35.5. The largest absolute Gasteiger partial charge is 0.328 e. The van der Waals surface area contributed by atoms with Crippen LogP contribution in [0.2, 0.25) is 0 Å². The summed E-state index contributed by atoms with van der Waals surface area (Å²) in [4.78, 5) is 4.77. The molecule has 1 unspecified atom stereocenters. The van der Waals surface area contributed by atoms with Crippen LogP contribution in [0.3, 0.4) is 0 Å². The molecule has 0 aliphatic heterocycles. The van der Waals surface area contributed by atoms with Gasteiger partial charge in [-0.3, -0.25) is 0 Å². The normalized spacial score (nSPS) is 17.0. The first-order valence-electron chi connectivity index (χ1n) is 7.20. The highest BCUT2D eigenvalue weighted by Crippen LogP contribution is 2.38. The molecule has 1 aromatic carbocycles. The highest BCUT2D eigenvalue weighted by molar-refractivity contribution is 6.17. The molecule has 2 nitrogen and oxygen atoms in total. The lowest BCUT2D eigenvalue weighted by atomic mass is 10.1. The SMILES string of the molecule is Cc1ccc2c(c1)nc(CCCl)n2CC(C)C1CC1.